The van der Waals surface area contributed by atoms with Crippen molar-refractivity contribution in [1.82, 2.24) is 15.5 Å². The molecular formula is C20H33N3O2. The summed E-state index contributed by atoms with van der Waals surface area (Å²) in [5.41, 5.74) is 0.687. The van der Waals surface area contributed by atoms with E-state index in [0.717, 1.165) is 51.9 Å². The highest BCUT2D eigenvalue weighted by atomic mass is 16.2. The molecule has 0 saturated carbocycles. The Labute approximate surface area is 152 Å². The summed E-state index contributed by atoms with van der Waals surface area (Å²) in [7, 11) is 0. The summed E-state index contributed by atoms with van der Waals surface area (Å²) in [6.07, 6.45) is 4.27. The lowest BCUT2D eigenvalue weighted by atomic mass is 10.1. The molecule has 0 radical (unpaired) electrons. The molecule has 5 heteroatoms. The third-order valence-corrected chi connectivity index (χ3v) is 4.27. The third kappa shape index (κ3) is 9.87. The zero-order valence-electron chi connectivity index (χ0n) is 15.7. The number of carbonyl (C=O) groups excluding carboxylic acids is 2. The molecule has 140 valence electrons. The first-order valence-electron chi connectivity index (χ1n) is 9.49. The molecule has 0 aromatic heterocycles. The molecule has 1 aromatic carbocycles. The lowest BCUT2D eigenvalue weighted by molar-refractivity contribution is -0.121. The van der Waals surface area contributed by atoms with Crippen LogP contribution in [-0.4, -0.2) is 49.4 Å². The minimum absolute atomic E-state index is 0.0356. The van der Waals surface area contributed by atoms with Gasteiger partial charge in [-0.3, -0.25) is 9.59 Å². The molecule has 1 aromatic rings. The largest absolute Gasteiger partial charge is 0.356 e. The second-order valence-corrected chi connectivity index (χ2v) is 6.16. The van der Waals surface area contributed by atoms with Gasteiger partial charge in [0.05, 0.1) is 0 Å². The highest BCUT2D eigenvalue weighted by Crippen LogP contribution is 2.01. The maximum absolute atomic E-state index is 11.8. The number of nitrogens with one attached hydrogen (secondary N) is 2. The molecule has 0 aliphatic rings. The van der Waals surface area contributed by atoms with Crippen LogP contribution >= 0.6 is 0 Å². The molecule has 0 aliphatic heterocycles. The van der Waals surface area contributed by atoms with Gasteiger partial charge >= 0.3 is 0 Å². The monoisotopic (exact) mass is 347 g/mol. The van der Waals surface area contributed by atoms with Gasteiger partial charge in [0.15, 0.2) is 0 Å². The summed E-state index contributed by atoms with van der Waals surface area (Å²) in [4.78, 5) is 26.0. The molecule has 25 heavy (non-hydrogen) atoms. The molecule has 0 aliphatic carbocycles. The van der Waals surface area contributed by atoms with Crippen LogP contribution in [-0.2, 0) is 4.79 Å². The number of unbranched alkanes of at least 4 members (excludes halogenated alkanes) is 2. The van der Waals surface area contributed by atoms with Crippen molar-refractivity contribution < 1.29 is 9.59 Å². The van der Waals surface area contributed by atoms with Gasteiger partial charge in [0.25, 0.3) is 5.91 Å². The normalized spacial score (nSPS) is 10.7. The van der Waals surface area contributed by atoms with Crippen LogP contribution < -0.4 is 10.6 Å². The minimum atomic E-state index is -0.0356. The van der Waals surface area contributed by atoms with E-state index in [1.807, 2.05) is 18.2 Å². The fraction of sp³-hybridized carbons (Fsp3) is 0.600. The predicted octanol–water partition coefficient (Wildman–Crippen LogP) is 2.82. The zero-order valence-corrected chi connectivity index (χ0v) is 15.7. The van der Waals surface area contributed by atoms with Crippen LogP contribution in [0.15, 0.2) is 30.3 Å². The summed E-state index contributed by atoms with van der Waals surface area (Å²) in [6, 6.07) is 9.22. The van der Waals surface area contributed by atoms with Crippen molar-refractivity contribution in [3.05, 3.63) is 35.9 Å². The average Bonchev–Trinajstić information content (AvgIpc) is 2.65. The van der Waals surface area contributed by atoms with E-state index >= 15 is 0 Å². The number of carbonyl (C=O) groups is 2. The van der Waals surface area contributed by atoms with Gasteiger partial charge < -0.3 is 15.5 Å². The predicted molar refractivity (Wildman–Crippen MR) is 103 cm³/mol. The summed E-state index contributed by atoms with van der Waals surface area (Å²) in [6.45, 7) is 8.88. The summed E-state index contributed by atoms with van der Waals surface area (Å²) >= 11 is 0. The molecular weight excluding hydrogens is 314 g/mol. The van der Waals surface area contributed by atoms with E-state index in [0.29, 0.717) is 18.5 Å². The molecule has 0 saturated heterocycles. The second-order valence-electron chi connectivity index (χ2n) is 6.16. The van der Waals surface area contributed by atoms with Crippen molar-refractivity contribution in [2.75, 3.05) is 32.7 Å². The van der Waals surface area contributed by atoms with Crippen molar-refractivity contribution >= 4 is 11.8 Å². The lowest BCUT2D eigenvalue weighted by Crippen LogP contribution is -2.29. The van der Waals surface area contributed by atoms with E-state index in [1.54, 1.807) is 12.1 Å². The highest BCUT2D eigenvalue weighted by Gasteiger charge is 2.04. The van der Waals surface area contributed by atoms with Gasteiger partial charge in [-0.25, -0.2) is 0 Å². The summed E-state index contributed by atoms with van der Waals surface area (Å²) < 4.78 is 0. The number of benzene rings is 1. The van der Waals surface area contributed by atoms with Crippen molar-refractivity contribution in [3.8, 4) is 0 Å². The van der Waals surface area contributed by atoms with E-state index in [4.69, 9.17) is 0 Å². The second kappa shape index (κ2) is 13.4. The Bertz CT molecular complexity index is 487. The maximum Gasteiger partial charge on any atom is 0.251 e. The molecule has 0 spiro atoms. The Morgan fingerprint density at radius 3 is 2.24 bits per heavy atom. The average molecular weight is 348 g/mol. The third-order valence-electron chi connectivity index (χ3n) is 4.27. The first-order valence-corrected chi connectivity index (χ1v) is 9.49. The quantitative estimate of drug-likeness (QED) is 0.539. The Balaban J connectivity index is 1.97. The van der Waals surface area contributed by atoms with Crippen molar-refractivity contribution in [1.29, 1.82) is 0 Å². The van der Waals surface area contributed by atoms with E-state index in [2.05, 4.69) is 29.4 Å². The van der Waals surface area contributed by atoms with Gasteiger partial charge in [0.2, 0.25) is 5.91 Å². The van der Waals surface area contributed by atoms with Crippen molar-refractivity contribution in [2.24, 2.45) is 0 Å². The van der Waals surface area contributed by atoms with Crippen LogP contribution in [0, 0.1) is 0 Å². The maximum atomic E-state index is 11.8. The van der Waals surface area contributed by atoms with Crippen LogP contribution in [0.25, 0.3) is 0 Å². The lowest BCUT2D eigenvalue weighted by Gasteiger charge is -2.17. The van der Waals surface area contributed by atoms with Gasteiger partial charge in [0, 0.05) is 25.1 Å². The number of hydrogen-bond donors (Lipinski definition) is 2. The van der Waals surface area contributed by atoms with E-state index < -0.39 is 0 Å². The Hall–Kier alpha value is -1.88. The van der Waals surface area contributed by atoms with E-state index in [-0.39, 0.29) is 11.8 Å². The van der Waals surface area contributed by atoms with Crippen LogP contribution in [0.4, 0.5) is 0 Å². The first kappa shape index (κ1) is 21.2. The van der Waals surface area contributed by atoms with Gasteiger partial charge in [0.1, 0.15) is 0 Å². The fourth-order valence-corrected chi connectivity index (χ4v) is 2.64. The number of amides is 2. The molecule has 1 rings (SSSR count). The van der Waals surface area contributed by atoms with E-state index in [1.165, 1.54) is 0 Å². The van der Waals surface area contributed by atoms with Crippen LogP contribution in [0.3, 0.4) is 0 Å². The minimum Gasteiger partial charge on any atom is -0.356 e. The Kier molecular flexibility index (Phi) is 11.4. The molecule has 2 amide bonds. The summed E-state index contributed by atoms with van der Waals surface area (Å²) in [5.74, 6) is 0.0967. The smallest absolute Gasteiger partial charge is 0.251 e. The standard InChI is InChI=1S/C20H33N3O2/c1-3-23(4-2)17-11-16-21-19(24)14-9-6-10-15-22-20(25)18-12-7-5-8-13-18/h5,7-8,12-13H,3-4,6,9-11,14-17H2,1-2H3,(H,21,24)(H,22,25). The number of rotatable bonds is 13. The highest BCUT2D eigenvalue weighted by molar-refractivity contribution is 5.94. The van der Waals surface area contributed by atoms with Crippen LogP contribution in [0.1, 0.15) is 56.3 Å². The van der Waals surface area contributed by atoms with Crippen molar-refractivity contribution in [3.63, 3.8) is 0 Å². The molecule has 0 unspecified atom stereocenters. The van der Waals surface area contributed by atoms with E-state index in [9.17, 15) is 9.59 Å². The molecule has 2 N–H and O–H groups in total. The number of nitrogens with zero attached hydrogens (tertiary/aromatic N) is 1. The van der Waals surface area contributed by atoms with Gasteiger partial charge in [-0.2, -0.15) is 0 Å². The Morgan fingerprint density at radius 2 is 1.56 bits per heavy atom. The van der Waals surface area contributed by atoms with Crippen LogP contribution in [0.2, 0.25) is 0 Å². The molecule has 0 atom stereocenters. The van der Waals surface area contributed by atoms with Crippen molar-refractivity contribution in [2.45, 2.75) is 46.0 Å². The fourth-order valence-electron chi connectivity index (χ4n) is 2.64. The number of hydrogen-bond acceptors (Lipinski definition) is 3. The van der Waals surface area contributed by atoms with Gasteiger partial charge in [-0.1, -0.05) is 38.5 Å². The molecule has 0 fully saturated rings. The SMILES string of the molecule is CCN(CC)CCCNC(=O)CCCCCNC(=O)c1ccccc1. The molecule has 5 nitrogen and oxygen atoms in total. The van der Waals surface area contributed by atoms with Gasteiger partial charge in [-0.15, -0.1) is 0 Å². The molecule has 0 heterocycles. The first-order chi connectivity index (χ1) is 12.2. The van der Waals surface area contributed by atoms with Gasteiger partial charge in [-0.05, 0) is 51.0 Å². The van der Waals surface area contributed by atoms with Crippen LogP contribution in [0.5, 0.6) is 0 Å². The topological polar surface area (TPSA) is 61.4 Å². The zero-order chi connectivity index (χ0) is 18.3. The Morgan fingerprint density at radius 1 is 0.880 bits per heavy atom. The molecule has 0 bridgehead atoms. The summed E-state index contributed by atoms with van der Waals surface area (Å²) in [5, 5.41) is 5.89.